The predicted octanol–water partition coefficient (Wildman–Crippen LogP) is 2.41. The molecule has 1 aromatic rings. The van der Waals surface area contributed by atoms with Crippen LogP contribution in [0.3, 0.4) is 0 Å². The number of aryl methyl sites for hydroxylation is 1. The predicted molar refractivity (Wildman–Crippen MR) is 76.6 cm³/mol. The van der Waals surface area contributed by atoms with Gasteiger partial charge in [-0.25, -0.2) is 4.39 Å². The summed E-state index contributed by atoms with van der Waals surface area (Å²) in [5, 5.41) is 0. The van der Waals surface area contributed by atoms with E-state index in [9.17, 15) is 9.18 Å². The molecule has 1 atom stereocenters. The van der Waals surface area contributed by atoms with E-state index in [1.165, 1.54) is 12.1 Å². The highest BCUT2D eigenvalue weighted by atomic mass is 32.1. The Labute approximate surface area is 117 Å². The van der Waals surface area contributed by atoms with Gasteiger partial charge in [0, 0.05) is 12.1 Å². The molecular formula is C14H17FN2OS. The Morgan fingerprint density at radius 1 is 1.42 bits per heavy atom. The van der Waals surface area contributed by atoms with Crippen molar-refractivity contribution in [2.24, 2.45) is 5.73 Å². The lowest BCUT2D eigenvalue weighted by molar-refractivity contribution is 0.0681. The molecule has 2 N–H and O–H groups in total. The van der Waals surface area contributed by atoms with Crippen molar-refractivity contribution in [2.45, 2.75) is 32.2 Å². The largest absolute Gasteiger partial charge is 0.392 e. The van der Waals surface area contributed by atoms with Crippen molar-refractivity contribution in [3.63, 3.8) is 0 Å². The molecule has 19 heavy (non-hydrogen) atoms. The van der Waals surface area contributed by atoms with Gasteiger partial charge in [0.2, 0.25) is 0 Å². The Balaban J connectivity index is 2.28. The topological polar surface area (TPSA) is 46.3 Å². The van der Waals surface area contributed by atoms with Crippen LogP contribution in [-0.4, -0.2) is 28.4 Å². The molecule has 1 saturated heterocycles. The molecule has 0 spiro atoms. The number of rotatable bonds is 2. The highest BCUT2D eigenvalue weighted by Crippen LogP contribution is 2.21. The van der Waals surface area contributed by atoms with Gasteiger partial charge in [-0.3, -0.25) is 4.79 Å². The average molecular weight is 280 g/mol. The van der Waals surface area contributed by atoms with Gasteiger partial charge in [0.25, 0.3) is 5.91 Å². The third-order valence-electron chi connectivity index (χ3n) is 3.38. The number of amides is 1. The zero-order valence-electron chi connectivity index (χ0n) is 10.9. The minimum atomic E-state index is -0.396. The Bertz CT molecular complexity index is 498. The molecule has 2 rings (SSSR count). The number of hydrogen-bond donors (Lipinski definition) is 1. The molecule has 0 bridgehead atoms. The summed E-state index contributed by atoms with van der Waals surface area (Å²) in [4.78, 5) is 14.5. The van der Waals surface area contributed by atoms with Crippen LogP contribution in [0.1, 0.15) is 35.2 Å². The third kappa shape index (κ3) is 3.10. The van der Waals surface area contributed by atoms with Gasteiger partial charge in [-0.15, -0.1) is 0 Å². The van der Waals surface area contributed by atoms with Gasteiger partial charge in [-0.2, -0.15) is 0 Å². The van der Waals surface area contributed by atoms with Crippen molar-refractivity contribution in [3.05, 3.63) is 35.1 Å². The first-order chi connectivity index (χ1) is 8.99. The number of piperidine rings is 1. The van der Waals surface area contributed by atoms with Gasteiger partial charge in [0.05, 0.1) is 11.0 Å². The Kier molecular flexibility index (Phi) is 4.14. The minimum Gasteiger partial charge on any atom is -0.392 e. The number of likely N-dealkylation sites (tertiary alicyclic amines) is 1. The van der Waals surface area contributed by atoms with Crippen molar-refractivity contribution in [3.8, 4) is 0 Å². The standard InChI is InChI=1S/C14H17FN2OS/c1-9-6-10(8-11(15)7-9)14(18)17-5-3-2-4-12(17)13(16)19/h6-8,12H,2-5H2,1H3,(H2,16,19). The van der Waals surface area contributed by atoms with E-state index in [1.54, 1.807) is 17.9 Å². The second-order valence-corrected chi connectivity index (χ2v) is 5.40. The maximum Gasteiger partial charge on any atom is 0.254 e. The van der Waals surface area contributed by atoms with Crippen LogP contribution in [0.2, 0.25) is 0 Å². The molecule has 0 aliphatic carbocycles. The maximum absolute atomic E-state index is 13.4. The van der Waals surface area contributed by atoms with E-state index in [-0.39, 0.29) is 11.9 Å². The summed E-state index contributed by atoms with van der Waals surface area (Å²) in [6, 6.07) is 4.15. The monoisotopic (exact) mass is 280 g/mol. The maximum atomic E-state index is 13.4. The summed E-state index contributed by atoms with van der Waals surface area (Å²) in [7, 11) is 0. The van der Waals surface area contributed by atoms with Gasteiger partial charge >= 0.3 is 0 Å². The number of nitrogens with two attached hydrogens (primary N) is 1. The molecule has 1 aliphatic heterocycles. The second kappa shape index (κ2) is 5.65. The van der Waals surface area contributed by atoms with Crippen LogP contribution in [0, 0.1) is 12.7 Å². The van der Waals surface area contributed by atoms with Crippen LogP contribution in [0.15, 0.2) is 18.2 Å². The lowest BCUT2D eigenvalue weighted by Crippen LogP contribution is -2.49. The quantitative estimate of drug-likeness (QED) is 0.846. The molecular weight excluding hydrogens is 263 g/mol. The van der Waals surface area contributed by atoms with Crippen LogP contribution in [0.5, 0.6) is 0 Å². The molecule has 0 radical (unpaired) electrons. The van der Waals surface area contributed by atoms with Gasteiger partial charge in [0.15, 0.2) is 0 Å². The summed E-state index contributed by atoms with van der Waals surface area (Å²) in [5.41, 5.74) is 6.79. The Morgan fingerprint density at radius 3 is 2.79 bits per heavy atom. The Morgan fingerprint density at radius 2 is 2.16 bits per heavy atom. The summed E-state index contributed by atoms with van der Waals surface area (Å²) in [6.45, 7) is 2.39. The summed E-state index contributed by atoms with van der Waals surface area (Å²) < 4.78 is 13.4. The molecule has 0 saturated carbocycles. The SMILES string of the molecule is Cc1cc(F)cc(C(=O)N2CCCCC2C(N)=S)c1. The van der Waals surface area contributed by atoms with E-state index in [4.69, 9.17) is 18.0 Å². The Hall–Kier alpha value is -1.49. The van der Waals surface area contributed by atoms with Crippen molar-refractivity contribution in [2.75, 3.05) is 6.54 Å². The summed E-state index contributed by atoms with van der Waals surface area (Å²) in [6.07, 6.45) is 2.72. The van der Waals surface area contributed by atoms with E-state index in [0.717, 1.165) is 24.8 Å². The molecule has 1 fully saturated rings. The third-order valence-corrected chi connectivity index (χ3v) is 3.65. The van der Waals surface area contributed by atoms with E-state index in [2.05, 4.69) is 0 Å². The second-order valence-electron chi connectivity index (χ2n) is 4.93. The van der Waals surface area contributed by atoms with Crippen LogP contribution in [-0.2, 0) is 0 Å². The fourth-order valence-corrected chi connectivity index (χ4v) is 2.74. The fraction of sp³-hybridized carbons (Fsp3) is 0.429. The van der Waals surface area contributed by atoms with Crippen molar-refractivity contribution >= 4 is 23.1 Å². The highest BCUT2D eigenvalue weighted by Gasteiger charge is 2.29. The van der Waals surface area contributed by atoms with Gasteiger partial charge in [-0.05, 0) is 49.9 Å². The van der Waals surface area contributed by atoms with Gasteiger partial charge in [0.1, 0.15) is 5.82 Å². The molecule has 1 heterocycles. The summed E-state index contributed by atoms with van der Waals surface area (Å²) >= 11 is 5.02. The van der Waals surface area contributed by atoms with Gasteiger partial charge < -0.3 is 10.6 Å². The molecule has 1 aliphatic rings. The zero-order valence-corrected chi connectivity index (χ0v) is 11.7. The first kappa shape index (κ1) is 13.9. The molecule has 102 valence electrons. The zero-order chi connectivity index (χ0) is 14.0. The molecule has 3 nitrogen and oxygen atoms in total. The van der Waals surface area contributed by atoms with E-state index >= 15 is 0 Å². The van der Waals surface area contributed by atoms with Crippen LogP contribution >= 0.6 is 12.2 Å². The molecule has 1 aromatic carbocycles. The fourth-order valence-electron chi connectivity index (χ4n) is 2.50. The van der Waals surface area contributed by atoms with E-state index < -0.39 is 5.82 Å². The number of thiocarbonyl (C=S) groups is 1. The lowest BCUT2D eigenvalue weighted by atomic mass is 10.0. The normalized spacial score (nSPS) is 19.3. The number of halogens is 1. The van der Waals surface area contributed by atoms with Crippen LogP contribution < -0.4 is 5.73 Å². The molecule has 0 aromatic heterocycles. The van der Waals surface area contributed by atoms with Crippen LogP contribution in [0.25, 0.3) is 0 Å². The van der Waals surface area contributed by atoms with E-state index in [0.29, 0.717) is 17.1 Å². The number of nitrogens with zero attached hydrogens (tertiary/aromatic N) is 1. The average Bonchev–Trinajstić information content (AvgIpc) is 2.36. The van der Waals surface area contributed by atoms with Gasteiger partial charge in [-0.1, -0.05) is 12.2 Å². The number of hydrogen-bond acceptors (Lipinski definition) is 2. The van der Waals surface area contributed by atoms with E-state index in [1.807, 2.05) is 0 Å². The number of benzene rings is 1. The van der Waals surface area contributed by atoms with Crippen molar-refractivity contribution in [1.82, 2.24) is 4.90 Å². The number of carbonyl (C=O) groups is 1. The molecule has 5 heteroatoms. The molecule has 1 unspecified atom stereocenters. The van der Waals surface area contributed by atoms with Crippen molar-refractivity contribution < 1.29 is 9.18 Å². The highest BCUT2D eigenvalue weighted by molar-refractivity contribution is 7.80. The van der Waals surface area contributed by atoms with Crippen LogP contribution in [0.4, 0.5) is 4.39 Å². The summed E-state index contributed by atoms with van der Waals surface area (Å²) in [5.74, 6) is -0.590. The smallest absolute Gasteiger partial charge is 0.254 e. The minimum absolute atomic E-state index is 0.194. The number of carbonyl (C=O) groups excluding carboxylic acids is 1. The molecule has 1 amide bonds. The van der Waals surface area contributed by atoms with Crippen molar-refractivity contribution in [1.29, 1.82) is 0 Å². The first-order valence-corrected chi connectivity index (χ1v) is 6.77. The lowest BCUT2D eigenvalue weighted by Gasteiger charge is -2.35. The first-order valence-electron chi connectivity index (χ1n) is 6.36.